The first kappa shape index (κ1) is 15.9. The number of aromatic nitrogens is 2. The third kappa shape index (κ3) is 3.79. The first-order chi connectivity index (χ1) is 9.88. The SMILES string of the molecule is Cc1nn(C)c(Cl)c1/C=C\C(=O)Nc1ccc(Cl)cc1Cl. The van der Waals surface area contributed by atoms with Crippen LogP contribution in [-0.4, -0.2) is 15.7 Å². The molecule has 21 heavy (non-hydrogen) atoms. The topological polar surface area (TPSA) is 46.9 Å². The molecule has 2 rings (SSSR count). The van der Waals surface area contributed by atoms with E-state index in [0.717, 1.165) is 5.69 Å². The number of benzene rings is 1. The fraction of sp³-hybridized carbons (Fsp3) is 0.143. The summed E-state index contributed by atoms with van der Waals surface area (Å²) < 4.78 is 1.55. The summed E-state index contributed by atoms with van der Waals surface area (Å²) in [6.07, 6.45) is 2.99. The van der Waals surface area contributed by atoms with Crippen molar-refractivity contribution in [2.75, 3.05) is 5.32 Å². The Kier molecular flexibility index (Phi) is 4.93. The van der Waals surface area contributed by atoms with Crippen LogP contribution in [0.15, 0.2) is 24.3 Å². The van der Waals surface area contributed by atoms with Crippen LogP contribution in [0.1, 0.15) is 11.3 Å². The van der Waals surface area contributed by atoms with Gasteiger partial charge in [-0.05, 0) is 31.2 Å². The second-order valence-corrected chi connectivity index (χ2v) is 5.56. The second-order valence-electron chi connectivity index (χ2n) is 4.36. The maximum Gasteiger partial charge on any atom is 0.248 e. The average molecular weight is 345 g/mol. The standard InChI is InChI=1S/C14H12Cl3N3O/c1-8-10(14(17)20(2)19-8)4-6-13(21)18-12-5-3-9(15)7-11(12)16/h3-7H,1-2H3,(H,18,21)/b6-4-. The van der Waals surface area contributed by atoms with Gasteiger partial charge in [0.25, 0.3) is 0 Å². The molecule has 0 radical (unpaired) electrons. The fourth-order valence-corrected chi connectivity index (χ4v) is 2.45. The highest BCUT2D eigenvalue weighted by atomic mass is 35.5. The Bertz CT molecular complexity index is 722. The summed E-state index contributed by atoms with van der Waals surface area (Å²) >= 11 is 17.9. The van der Waals surface area contributed by atoms with Crippen molar-refractivity contribution in [3.63, 3.8) is 0 Å². The lowest BCUT2D eigenvalue weighted by molar-refractivity contribution is -0.111. The van der Waals surface area contributed by atoms with Crippen LogP contribution in [0.2, 0.25) is 15.2 Å². The van der Waals surface area contributed by atoms with E-state index in [9.17, 15) is 4.79 Å². The highest BCUT2D eigenvalue weighted by Crippen LogP contribution is 2.25. The molecule has 0 aliphatic carbocycles. The fourth-order valence-electron chi connectivity index (χ4n) is 1.76. The van der Waals surface area contributed by atoms with Gasteiger partial charge in [-0.2, -0.15) is 5.10 Å². The van der Waals surface area contributed by atoms with Gasteiger partial charge in [0.2, 0.25) is 5.91 Å². The van der Waals surface area contributed by atoms with Crippen LogP contribution >= 0.6 is 34.8 Å². The van der Waals surface area contributed by atoms with E-state index < -0.39 is 0 Å². The van der Waals surface area contributed by atoms with Crippen molar-refractivity contribution in [2.45, 2.75) is 6.92 Å². The lowest BCUT2D eigenvalue weighted by Crippen LogP contribution is -2.08. The predicted molar refractivity (Wildman–Crippen MR) is 87.1 cm³/mol. The highest BCUT2D eigenvalue weighted by molar-refractivity contribution is 6.36. The van der Waals surface area contributed by atoms with Crippen LogP contribution < -0.4 is 5.32 Å². The van der Waals surface area contributed by atoms with Crippen molar-refractivity contribution in [1.29, 1.82) is 0 Å². The van der Waals surface area contributed by atoms with E-state index in [1.807, 2.05) is 6.92 Å². The molecular weight excluding hydrogens is 333 g/mol. The molecule has 0 unspecified atom stereocenters. The molecule has 110 valence electrons. The van der Waals surface area contributed by atoms with Crippen molar-refractivity contribution in [2.24, 2.45) is 7.05 Å². The first-order valence-corrected chi connectivity index (χ1v) is 7.15. The third-order valence-electron chi connectivity index (χ3n) is 2.79. The second kappa shape index (κ2) is 6.52. The minimum atomic E-state index is -0.321. The first-order valence-electron chi connectivity index (χ1n) is 6.01. The van der Waals surface area contributed by atoms with Crippen molar-refractivity contribution in [3.05, 3.63) is 50.7 Å². The molecule has 1 aromatic heterocycles. The van der Waals surface area contributed by atoms with Gasteiger partial charge in [-0.15, -0.1) is 0 Å². The molecule has 0 bridgehead atoms. The number of carbonyl (C=O) groups excluding carboxylic acids is 1. The van der Waals surface area contributed by atoms with E-state index in [-0.39, 0.29) is 5.91 Å². The van der Waals surface area contributed by atoms with Gasteiger partial charge < -0.3 is 5.32 Å². The molecule has 1 amide bonds. The summed E-state index contributed by atoms with van der Waals surface area (Å²) in [5, 5.41) is 8.18. The van der Waals surface area contributed by atoms with Gasteiger partial charge in [0, 0.05) is 23.7 Å². The Morgan fingerprint density at radius 3 is 2.62 bits per heavy atom. The number of carbonyl (C=O) groups is 1. The van der Waals surface area contributed by atoms with E-state index in [1.165, 1.54) is 6.08 Å². The van der Waals surface area contributed by atoms with Gasteiger partial charge >= 0.3 is 0 Å². The molecule has 0 saturated carbocycles. The quantitative estimate of drug-likeness (QED) is 0.842. The van der Waals surface area contributed by atoms with Crippen LogP contribution in [0.3, 0.4) is 0 Å². The Labute approximate surface area is 137 Å². The smallest absolute Gasteiger partial charge is 0.248 e. The van der Waals surface area contributed by atoms with Crippen LogP contribution in [0.5, 0.6) is 0 Å². The molecule has 4 nitrogen and oxygen atoms in total. The van der Waals surface area contributed by atoms with E-state index >= 15 is 0 Å². The van der Waals surface area contributed by atoms with E-state index in [1.54, 1.807) is 36.0 Å². The van der Waals surface area contributed by atoms with Gasteiger partial charge in [-0.1, -0.05) is 34.8 Å². The van der Waals surface area contributed by atoms with Crippen molar-refractivity contribution >= 4 is 52.5 Å². The molecule has 0 saturated heterocycles. The number of amides is 1. The molecule has 1 N–H and O–H groups in total. The molecule has 0 aliphatic heterocycles. The van der Waals surface area contributed by atoms with Crippen LogP contribution in [0.4, 0.5) is 5.69 Å². The number of nitrogens with zero attached hydrogens (tertiary/aromatic N) is 2. The van der Waals surface area contributed by atoms with Gasteiger partial charge in [-0.25, -0.2) is 0 Å². The van der Waals surface area contributed by atoms with E-state index in [4.69, 9.17) is 34.8 Å². The Hall–Kier alpha value is -1.49. The zero-order valence-corrected chi connectivity index (χ0v) is 13.6. The highest BCUT2D eigenvalue weighted by Gasteiger charge is 2.09. The number of aryl methyl sites for hydroxylation is 2. The van der Waals surface area contributed by atoms with Gasteiger partial charge in [-0.3, -0.25) is 9.48 Å². The zero-order valence-electron chi connectivity index (χ0n) is 11.3. The average Bonchev–Trinajstić information content (AvgIpc) is 2.65. The summed E-state index contributed by atoms with van der Waals surface area (Å²) in [6, 6.07) is 4.85. The molecule has 2 aromatic rings. The monoisotopic (exact) mass is 343 g/mol. The van der Waals surface area contributed by atoms with Crippen molar-refractivity contribution in [3.8, 4) is 0 Å². The summed E-state index contributed by atoms with van der Waals surface area (Å²) in [4.78, 5) is 11.9. The Balaban J connectivity index is 2.13. The molecule has 0 spiro atoms. The van der Waals surface area contributed by atoms with Crippen molar-refractivity contribution in [1.82, 2.24) is 9.78 Å². The van der Waals surface area contributed by atoms with Crippen molar-refractivity contribution < 1.29 is 4.79 Å². The van der Waals surface area contributed by atoms with Gasteiger partial charge in [0.1, 0.15) is 5.15 Å². The number of anilines is 1. The largest absolute Gasteiger partial charge is 0.321 e. The number of hydrogen-bond donors (Lipinski definition) is 1. The number of nitrogens with one attached hydrogen (secondary N) is 1. The van der Waals surface area contributed by atoms with Crippen LogP contribution in [0, 0.1) is 6.92 Å². The maximum absolute atomic E-state index is 11.9. The van der Waals surface area contributed by atoms with Crippen LogP contribution in [-0.2, 0) is 11.8 Å². The molecule has 1 aromatic carbocycles. The maximum atomic E-state index is 11.9. The summed E-state index contributed by atoms with van der Waals surface area (Å²) in [7, 11) is 1.74. The summed E-state index contributed by atoms with van der Waals surface area (Å²) in [5.41, 5.74) is 1.94. The van der Waals surface area contributed by atoms with Gasteiger partial charge in [0.05, 0.1) is 16.4 Å². The van der Waals surface area contributed by atoms with E-state index in [2.05, 4.69) is 10.4 Å². The minimum Gasteiger partial charge on any atom is -0.321 e. The zero-order chi connectivity index (χ0) is 15.6. The summed E-state index contributed by atoms with van der Waals surface area (Å²) in [6.45, 7) is 1.82. The molecule has 0 aliphatic rings. The minimum absolute atomic E-state index is 0.321. The van der Waals surface area contributed by atoms with E-state index in [0.29, 0.717) is 26.4 Å². The summed E-state index contributed by atoms with van der Waals surface area (Å²) in [5.74, 6) is -0.321. The Morgan fingerprint density at radius 1 is 1.33 bits per heavy atom. The lowest BCUT2D eigenvalue weighted by Gasteiger charge is -2.04. The van der Waals surface area contributed by atoms with Crippen LogP contribution in [0.25, 0.3) is 6.08 Å². The lowest BCUT2D eigenvalue weighted by atomic mass is 10.2. The molecule has 0 fully saturated rings. The normalized spacial score (nSPS) is 11.1. The number of hydrogen-bond acceptors (Lipinski definition) is 2. The molecule has 0 atom stereocenters. The Morgan fingerprint density at radius 2 is 2.05 bits per heavy atom. The number of rotatable bonds is 3. The predicted octanol–water partition coefficient (Wildman–Crippen LogP) is 4.34. The molecule has 1 heterocycles. The number of halogens is 3. The third-order valence-corrected chi connectivity index (χ3v) is 3.78. The molecular formula is C14H12Cl3N3O. The van der Waals surface area contributed by atoms with Gasteiger partial charge in [0.15, 0.2) is 0 Å². The molecule has 7 heteroatoms.